The summed E-state index contributed by atoms with van der Waals surface area (Å²) in [4.78, 5) is 13.9. The van der Waals surface area contributed by atoms with Gasteiger partial charge in [0.1, 0.15) is 0 Å². The molecule has 32 heavy (non-hydrogen) atoms. The van der Waals surface area contributed by atoms with Crippen LogP contribution in [0.25, 0.3) is 21.5 Å². The number of rotatable bonds is 4. The van der Waals surface area contributed by atoms with Crippen molar-refractivity contribution in [2.75, 3.05) is 0 Å². The molecule has 159 valence electrons. The van der Waals surface area contributed by atoms with E-state index in [1.54, 1.807) is 6.21 Å². The Morgan fingerprint density at radius 1 is 0.625 bits per heavy atom. The van der Waals surface area contributed by atoms with Crippen molar-refractivity contribution in [2.45, 2.75) is 0 Å². The van der Waals surface area contributed by atoms with Gasteiger partial charge in [0, 0.05) is 23.2 Å². The first-order valence-electron chi connectivity index (χ1n) is 9.81. The van der Waals surface area contributed by atoms with Crippen LogP contribution in [0, 0.1) is 0 Å². The number of halogens is 2. The number of fused-ring (bicyclic) bond motifs is 2. The molecule has 1 heterocycles. The molecule has 5 aromatic rings. The van der Waals surface area contributed by atoms with E-state index >= 15 is 0 Å². The average molecular weight is 499 g/mol. The molecule has 0 spiro atoms. The third-order valence-corrected chi connectivity index (χ3v) is 4.85. The molecule has 3 nitrogen and oxygen atoms in total. The molecule has 0 bridgehead atoms. The van der Waals surface area contributed by atoms with Gasteiger partial charge in [0.25, 0.3) is 0 Å². The molecule has 4 aromatic carbocycles. The third kappa shape index (κ3) is 5.48. The van der Waals surface area contributed by atoms with Crippen LogP contribution in [0.5, 0.6) is 0 Å². The second-order valence-corrected chi connectivity index (χ2v) is 8.69. The van der Waals surface area contributed by atoms with Crippen molar-refractivity contribution >= 4 is 65.5 Å². The number of aliphatic imine (C=N–C) groups is 2. The first-order chi connectivity index (χ1) is 15.8. The number of benzene rings is 4. The first kappa shape index (κ1) is 22.3. The zero-order valence-corrected chi connectivity index (χ0v) is 19.5. The summed E-state index contributed by atoms with van der Waals surface area (Å²) in [7, 11) is 9.53. The minimum atomic E-state index is 0.194. The molecule has 0 N–H and O–H groups in total. The Morgan fingerprint density at radius 3 is 1.72 bits per heavy atom. The standard InChI is InChI=1S/C26H18N3.2ClH.Fe/c1-2-10-21(11-3-1)27-17-22-14-15-23(29-22)18-28-26-24-12-6-4-8-19(24)16-20-9-5-7-13-25(20)26;;;/h1-18H;2*1H;/q-1;;;+3/p-2. The molecule has 0 saturated carbocycles. The van der Waals surface area contributed by atoms with Crippen LogP contribution in [0.4, 0.5) is 11.4 Å². The van der Waals surface area contributed by atoms with E-state index in [9.17, 15) is 0 Å². The van der Waals surface area contributed by atoms with Crippen LogP contribution >= 0.6 is 20.2 Å². The summed E-state index contributed by atoms with van der Waals surface area (Å²) in [5, 5.41) is 4.65. The van der Waals surface area contributed by atoms with Crippen molar-refractivity contribution in [1.82, 2.24) is 4.98 Å². The van der Waals surface area contributed by atoms with Gasteiger partial charge in [0.2, 0.25) is 0 Å². The summed E-state index contributed by atoms with van der Waals surface area (Å²) in [5.74, 6) is 0. The van der Waals surface area contributed by atoms with E-state index in [4.69, 9.17) is 25.2 Å². The molecule has 6 heteroatoms. The maximum absolute atomic E-state index is 4.83. The van der Waals surface area contributed by atoms with Crippen molar-refractivity contribution in [3.05, 3.63) is 108 Å². The third-order valence-electron chi connectivity index (χ3n) is 4.85. The molecular weight excluding hydrogens is 481 g/mol. The minimum absolute atomic E-state index is 0.194. The fraction of sp³-hybridized carbons (Fsp3) is 0. The van der Waals surface area contributed by atoms with Gasteiger partial charge in [-0.1, -0.05) is 78.9 Å². The van der Waals surface area contributed by atoms with E-state index in [0.29, 0.717) is 0 Å². The van der Waals surface area contributed by atoms with Gasteiger partial charge in [-0.2, -0.15) is 0 Å². The fourth-order valence-corrected chi connectivity index (χ4v) is 3.45. The Hall–Kier alpha value is -2.88. The van der Waals surface area contributed by atoms with Crippen LogP contribution in [0.2, 0.25) is 0 Å². The SMILES string of the molecule is C(=Nc1ccccc1)c1ccc(C=Nc2c3ccccc3cc3ccccc23)[n-]1.[Cl][Fe+][Cl]. The number of para-hydroxylation sites is 1. The van der Waals surface area contributed by atoms with E-state index in [-0.39, 0.29) is 13.1 Å². The number of hydrogen-bond donors (Lipinski definition) is 0. The van der Waals surface area contributed by atoms with Crippen LogP contribution in [-0.4, -0.2) is 12.4 Å². The monoisotopic (exact) mass is 498 g/mol. The Bertz CT molecular complexity index is 1320. The zero-order chi connectivity index (χ0) is 22.2. The molecule has 0 aliphatic carbocycles. The molecule has 0 aliphatic heterocycles. The van der Waals surface area contributed by atoms with Crippen LogP contribution in [0.3, 0.4) is 0 Å². The summed E-state index contributed by atoms with van der Waals surface area (Å²) in [6.07, 6.45) is 3.61. The van der Waals surface area contributed by atoms with Gasteiger partial charge in [-0.3, -0.25) is 9.98 Å². The van der Waals surface area contributed by atoms with Gasteiger partial charge < -0.3 is 4.98 Å². The molecule has 0 atom stereocenters. The van der Waals surface area contributed by atoms with E-state index in [2.05, 4.69) is 64.6 Å². The van der Waals surface area contributed by atoms with E-state index in [1.165, 1.54) is 10.8 Å². The van der Waals surface area contributed by atoms with Crippen LogP contribution < -0.4 is 4.98 Å². The number of aromatic nitrogens is 1. The molecule has 0 saturated heterocycles. The molecule has 0 unspecified atom stereocenters. The summed E-state index contributed by atoms with van der Waals surface area (Å²) in [6, 6.07) is 32.7. The van der Waals surface area contributed by atoms with Gasteiger partial charge in [0.15, 0.2) is 0 Å². The van der Waals surface area contributed by atoms with Crippen molar-refractivity contribution in [2.24, 2.45) is 9.98 Å². The molecule has 0 radical (unpaired) electrons. The topological polar surface area (TPSA) is 38.8 Å². The predicted octanol–water partition coefficient (Wildman–Crippen LogP) is 7.83. The molecule has 0 amide bonds. The molecule has 0 aliphatic rings. The van der Waals surface area contributed by atoms with Crippen molar-refractivity contribution in [1.29, 1.82) is 0 Å². The Morgan fingerprint density at radius 2 is 1.12 bits per heavy atom. The number of nitrogens with zero attached hydrogens (tertiary/aromatic N) is 3. The number of hydrogen-bond acceptors (Lipinski definition) is 2. The Labute approximate surface area is 201 Å². The van der Waals surface area contributed by atoms with Gasteiger partial charge in [-0.15, -0.1) is 11.4 Å². The second kappa shape index (κ2) is 11.1. The van der Waals surface area contributed by atoms with Crippen molar-refractivity contribution < 1.29 is 13.1 Å². The Balaban J connectivity index is 0.000000775. The molecule has 1 aromatic heterocycles. The molecular formula is C26H18Cl2FeN3. The summed E-state index contributed by atoms with van der Waals surface area (Å²) in [6.45, 7) is 0. The van der Waals surface area contributed by atoms with E-state index in [1.807, 2.05) is 48.7 Å². The first-order valence-corrected chi connectivity index (χ1v) is 12.8. The fourth-order valence-electron chi connectivity index (χ4n) is 3.45. The van der Waals surface area contributed by atoms with Gasteiger partial charge in [-0.25, -0.2) is 0 Å². The maximum atomic E-state index is 4.83. The Kier molecular flexibility index (Phi) is 7.76. The van der Waals surface area contributed by atoms with Crippen LogP contribution in [0.1, 0.15) is 11.4 Å². The van der Waals surface area contributed by atoms with Crippen LogP contribution in [0.15, 0.2) is 107 Å². The van der Waals surface area contributed by atoms with E-state index in [0.717, 1.165) is 33.5 Å². The summed E-state index contributed by atoms with van der Waals surface area (Å²) in [5.41, 5.74) is 3.52. The van der Waals surface area contributed by atoms with Crippen molar-refractivity contribution in [3.63, 3.8) is 0 Å². The van der Waals surface area contributed by atoms with Gasteiger partial charge >= 0.3 is 33.3 Å². The summed E-state index contributed by atoms with van der Waals surface area (Å²) >= 11 is 0.194. The van der Waals surface area contributed by atoms with E-state index < -0.39 is 0 Å². The predicted molar refractivity (Wildman–Crippen MR) is 134 cm³/mol. The normalized spacial score (nSPS) is 11.3. The molecule has 0 fully saturated rings. The van der Waals surface area contributed by atoms with Crippen molar-refractivity contribution in [3.8, 4) is 0 Å². The summed E-state index contributed by atoms with van der Waals surface area (Å²) < 4.78 is 0. The zero-order valence-electron chi connectivity index (χ0n) is 16.8. The van der Waals surface area contributed by atoms with Gasteiger partial charge in [-0.05, 0) is 29.0 Å². The average Bonchev–Trinajstić information content (AvgIpc) is 3.29. The van der Waals surface area contributed by atoms with Crippen LogP contribution in [-0.2, 0) is 13.1 Å². The second-order valence-electron chi connectivity index (χ2n) is 6.86. The van der Waals surface area contributed by atoms with Gasteiger partial charge in [0.05, 0.1) is 11.4 Å². The quantitative estimate of drug-likeness (QED) is 0.141. The molecule has 5 rings (SSSR count).